The van der Waals surface area contributed by atoms with Gasteiger partial charge in [0.05, 0.1) is 5.56 Å². The van der Waals surface area contributed by atoms with Gasteiger partial charge < -0.3 is 5.32 Å². The van der Waals surface area contributed by atoms with Gasteiger partial charge in [0.1, 0.15) is 11.6 Å². The maximum absolute atomic E-state index is 13.8. The molecule has 2 aromatic carbocycles. The van der Waals surface area contributed by atoms with Crippen LogP contribution in [0.2, 0.25) is 5.02 Å². The molecule has 1 nitrogen and oxygen atoms in total. The third-order valence-corrected chi connectivity index (χ3v) is 3.33. The SMILES string of the molecule is CCCNCc1ccc(-c2c(F)cccc2F)c(Cl)c1. The van der Waals surface area contributed by atoms with E-state index in [1.165, 1.54) is 18.2 Å². The zero-order chi connectivity index (χ0) is 14.5. The van der Waals surface area contributed by atoms with Crippen LogP contribution < -0.4 is 5.32 Å². The molecular weight excluding hydrogens is 280 g/mol. The lowest BCUT2D eigenvalue weighted by Gasteiger charge is -2.10. The lowest BCUT2D eigenvalue weighted by Crippen LogP contribution is -2.13. The zero-order valence-electron chi connectivity index (χ0n) is 11.2. The first kappa shape index (κ1) is 14.9. The average Bonchev–Trinajstić information content (AvgIpc) is 2.41. The molecule has 0 unspecified atom stereocenters. The Morgan fingerprint density at radius 2 is 1.80 bits per heavy atom. The van der Waals surface area contributed by atoms with Crippen LogP contribution in [0, 0.1) is 11.6 Å². The summed E-state index contributed by atoms with van der Waals surface area (Å²) >= 11 is 6.16. The van der Waals surface area contributed by atoms with Crippen LogP contribution in [0.25, 0.3) is 11.1 Å². The summed E-state index contributed by atoms with van der Waals surface area (Å²) in [5, 5.41) is 3.61. The number of rotatable bonds is 5. The Labute approximate surface area is 122 Å². The summed E-state index contributed by atoms with van der Waals surface area (Å²) in [5.74, 6) is -1.22. The first-order chi connectivity index (χ1) is 9.63. The monoisotopic (exact) mass is 295 g/mol. The van der Waals surface area contributed by atoms with Crippen LogP contribution in [0.3, 0.4) is 0 Å². The smallest absolute Gasteiger partial charge is 0.134 e. The van der Waals surface area contributed by atoms with Gasteiger partial charge in [-0.3, -0.25) is 0 Å². The topological polar surface area (TPSA) is 12.0 Å². The lowest BCUT2D eigenvalue weighted by molar-refractivity contribution is 0.589. The van der Waals surface area contributed by atoms with Gasteiger partial charge >= 0.3 is 0 Å². The number of hydrogen-bond donors (Lipinski definition) is 1. The molecule has 0 heterocycles. The molecular formula is C16H16ClF2N. The average molecular weight is 296 g/mol. The normalized spacial score (nSPS) is 10.8. The van der Waals surface area contributed by atoms with Crippen molar-refractivity contribution in [2.45, 2.75) is 19.9 Å². The van der Waals surface area contributed by atoms with E-state index in [1.54, 1.807) is 12.1 Å². The third-order valence-electron chi connectivity index (χ3n) is 3.02. The molecule has 0 bridgehead atoms. The van der Waals surface area contributed by atoms with Crippen molar-refractivity contribution in [2.75, 3.05) is 6.54 Å². The molecule has 106 valence electrons. The molecule has 20 heavy (non-hydrogen) atoms. The molecule has 0 atom stereocenters. The predicted octanol–water partition coefficient (Wildman–Crippen LogP) is 4.78. The molecule has 2 aromatic rings. The highest BCUT2D eigenvalue weighted by molar-refractivity contribution is 6.33. The first-order valence-electron chi connectivity index (χ1n) is 6.57. The Kier molecular flexibility index (Phi) is 5.10. The Morgan fingerprint density at radius 3 is 2.40 bits per heavy atom. The van der Waals surface area contributed by atoms with Gasteiger partial charge in [0, 0.05) is 17.1 Å². The number of nitrogens with one attached hydrogen (secondary N) is 1. The summed E-state index contributed by atoms with van der Waals surface area (Å²) in [5.41, 5.74) is 1.29. The summed E-state index contributed by atoms with van der Waals surface area (Å²) in [4.78, 5) is 0. The molecule has 0 aromatic heterocycles. The maximum Gasteiger partial charge on any atom is 0.134 e. The quantitative estimate of drug-likeness (QED) is 0.782. The van der Waals surface area contributed by atoms with Crippen molar-refractivity contribution in [1.82, 2.24) is 5.32 Å². The van der Waals surface area contributed by atoms with Crippen LogP contribution in [-0.2, 0) is 6.54 Å². The molecule has 0 saturated carbocycles. The van der Waals surface area contributed by atoms with Gasteiger partial charge in [-0.1, -0.05) is 36.7 Å². The fraction of sp³-hybridized carbons (Fsp3) is 0.250. The van der Waals surface area contributed by atoms with E-state index < -0.39 is 11.6 Å². The standard InChI is InChI=1S/C16H16ClF2N/c1-2-8-20-10-11-6-7-12(13(17)9-11)16-14(18)4-3-5-15(16)19/h3-7,9,20H,2,8,10H2,1H3. The van der Waals surface area contributed by atoms with Crippen molar-refractivity contribution in [3.63, 3.8) is 0 Å². The second-order valence-electron chi connectivity index (χ2n) is 4.59. The highest BCUT2D eigenvalue weighted by Gasteiger charge is 2.14. The molecule has 0 aliphatic rings. The Bertz CT molecular complexity index is 579. The van der Waals surface area contributed by atoms with Gasteiger partial charge in [-0.25, -0.2) is 8.78 Å². The van der Waals surface area contributed by atoms with Gasteiger partial charge in [-0.15, -0.1) is 0 Å². The van der Waals surface area contributed by atoms with E-state index >= 15 is 0 Å². The van der Waals surface area contributed by atoms with Gasteiger partial charge in [0.15, 0.2) is 0 Å². The fourth-order valence-electron chi connectivity index (χ4n) is 2.04. The van der Waals surface area contributed by atoms with E-state index in [2.05, 4.69) is 12.2 Å². The van der Waals surface area contributed by atoms with Crippen molar-refractivity contribution in [1.29, 1.82) is 0 Å². The van der Waals surface area contributed by atoms with E-state index in [0.29, 0.717) is 17.1 Å². The van der Waals surface area contributed by atoms with E-state index in [0.717, 1.165) is 18.5 Å². The van der Waals surface area contributed by atoms with E-state index in [-0.39, 0.29) is 5.56 Å². The van der Waals surface area contributed by atoms with E-state index in [4.69, 9.17) is 11.6 Å². The summed E-state index contributed by atoms with van der Waals surface area (Å²) in [6.07, 6.45) is 1.05. The second-order valence-corrected chi connectivity index (χ2v) is 4.99. The minimum atomic E-state index is -0.608. The Hall–Kier alpha value is -1.45. The Morgan fingerprint density at radius 1 is 1.10 bits per heavy atom. The minimum Gasteiger partial charge on any atom is -0.313 e. The molecule has 0 fully saturated rings. The van der Waals surface area contributed by atoms with Gasteiger partial charge in [-0.05, 0) is 36.7 Å². The van der Waals surface area contributed by atoms with Crippen molar-refractivity contribution in [3.8, 4) is 11.1 Å². The highest BCUT2D eigenvalue weighted by Crippen LogP contribution is 2.32. The molecule has 1 N–H and O–H groups in total. The number of benzene rings is 2. The van der Waals surface area contributed by atoms with E-state index in [9.17, 15) is 8.78 Å². The molecule has 0 saturated heterocycles. The molecule has 2 rings (SSSR count). The van der Waals surface area contributed by atoms with Crippen LogP contribution in [0.1, 0.15) is 18.9 Å². The minimum absolute atomic E-state index is 0.0782. The molecule has 0 aliphatic carbocycles. The molecule has 4 heteroatoms. The van der Waals surface area contributed by atoms with Crippen LogP contribution in [-0.4, -0.2) is 6.54 Å². The largest absolute Gasteiger partial charge is 0.313 e. The van der Waals surface area contributed by atoms with Crippen molar-refractivity contribution in [3.05, 3.63) is 58.6 Å². The molecule has 0 amide bonds. The third kappa shape index (κ3) is 3.35. The van der Waals surface area contributed by atoms with Crippen LogP contribution in [0.5, 0.6) is 0 Å². The zero-order valence-corrected chi connectivity index (χ0v) is 12.0. The van der Waals surface area contributed by atoms with Crippen LogP contribution in [0.4, 0.5) is 8.78 Å². The van der Waals surface area contributed by atoms with Crippen molar-refractivity contribution >= 4 is 11.6 Å². The summed E-state index contributed by atoms with van der Waals surface area (Å²) in [6, 6.07) is 9.02. The van der Waals surface area contributed by atoms with Crippen molar-refractivity contribution < 1.29 is 8.78 Å². The summed E-state index contributed by atoms with van der Waals surface area (Å²) in [7, 11) is 0. The van der Waals surface area contributed by atoms with Crippen LogP contribution >= 0.6 is 11.6 Å². The maximum atomic E-state index is 13.8. The molecule has 0 spiro atoms. The summed E-state index contributed by atoms with van der Waals surface area (Å²) < 4.78 is 27.5. The molecule has 0 radical (unpaired) electrons. The Balaban J connectivity index is 2.30. The number of hydrogen-bond acceptors (Lipinski definition) is 1. The predicted molar refractivity (Wildman–Crippen MR) is 78.8 cm³/mol. The van der Waals surface area contributed by atoms with Crippen LogP contribution in [0.15, 0.2) is 36.4 Å². The van der Waals surface area contributed by atoms with Gasteiger partial charge in [-0.2, -0.15) is 0 Å². The summed E-state index contributed by atoms with van der Waals surface area (Å²) in [6.45, 7) is 3.69. The molecule has 0 aliphatic heterocycles. The fourth-order valence-corrected chi connectivity index (χ4v) is 2.33. The first-order valence-corrected chi connectivity index (χ1v) is 6.94. The highest BCUT2D eigenvalue weighted by atomic mass is 35.5. The van der Waals surface area contributed by atoms with Crippen molar-refractivity contribution in [2.24, 2.45) is 0 Å². The second kappa shape index (κ2) is 6.82. The number of halogens is 3. The van der Waals surface area contributed by atoms with Gasteiger partial charge in [0.2, 0.25) is 0 Å². The van der Waals surface area contributed by atoms with Gasteiger partial charge in [0.25, 0.3) is 0 Å². The lowest BCUT2D eigenvalue weighted by atomic mass is 10.0. The van der Waals surface area contributed by atoms with E-state index in [1.807, 2.05) is 6.07 Å².